The van der Waals surface area contributed by atoms with Crippen LogP contribution in [0.25, 0.3) is 0 Å². The van der Waals surface area contributed by atoms with Gasteiger partial charge in [-0.3, -0.25) is 9.69 Å². The second-order valence-electron chi connectivity index (χ2n) is 5.92. The van der Waals surface area contributed by atoms with E-state index in [-0.39, 0.29) is 12.0 Å². The summed E-state index contributed by atoms with van der Waals surface area (Å²) in [6, 6.07) is 13.0. The molecule has 3 nitrogen and oxygen atoms in total. The van der Waals surface area contributed by atoms with E-state index >= 15 is 0 Å². The maximum Gasteiger partial charge on any atom is 0.306 e. The van der Waals surface area contributed by atoms with E-state index in [2.05, 4.69) is 53.6 Å². The van der Waals surface area contributed by atoms with Gasteiger partial charge in [-0.2, -0.15) is 0 Å². The van der Waals surface area contributed by atoms with Gasteiger partial charge in [0.15, 0.2) is 0 Å². The molecule has 1 aromatic carbocycles. The van der Waals surface area contributed by atoms with Crippen molar-refractivity contribution in [2.75, 3.05) is 13.1 Å². The lowest BCUT2D eigenvalue weighted by molar-refractivity contribution is -0.143. The normalized spacial score (nSPS) is 18.2. The quantitative estimate of drug-likeness (QED) is 0.929. The molecule has 1 saturated heterocycles. The molecule has 0 saturated carbocycles. The number of hydrogen-bond acceptors (Lipinski definition) is 3. The third-order valence-electron chi connectivity index (χ3n) is 4.54. The second-order valence-corrected chi connectivity index (χ2v) is 6.90. The molecule has 2 aromatic rings. The Kier molecular flexibility index (Phi) is 4.60. The zero-order chi connectivity index (χ0) is 15.5. The van der Waals surface area contributed by atoms with Crippen molar-refractivity contribution in [2.45, 2.75) is 25.8 Å². The Bertz CT molecular complexity index is 630. The number of aliphatic carboxylic acids is 1. The Morgan fingerprint density at radius 1 is 1.23 bits per heavy atom. The Morgan fingerprint density at radius 2 is 1.95 bits per heavy atom. The van der Waals surface area contributed by atoms with Gasteiger partial charge in [0.05, 0.1) is 12.0 Å². The Morgan fingerprint density at radius 3 is 2.55 bits per heavy atom. The number of hydrogen-bond donors (Lipinski definition) is 1. The monoisotopic (exact) mass is 315 g/mol. The molecule has 1 N–H and O–H groups in total. The lowest BCUT2D eigenvalue weighted by atomic mass is 9.92. The first kappa shape index (κ1) is 15.3. The van der Waals surface area contributed by atoms with E-state index in [1.54, 1.807) is 11.3 Å². The van der Waals surface area contributed by atoms with Crippen LogP contribution in [0.2, 0.25) is 0 Å². The summed E-state index contributed by atoms with van der Waals surface area (Å²) < 4.78 is 0. The number of likely N-dealkylation sites (tertiary alicyclic amines) is 1. The van der Waals surface area contributed by atoms with Crippen LogP contribution in [0.1, 0.15) is 34.9 Å². The van der Waals surface area contributed by atoms with Crippen molar-refractivity contribution in [3.8, 4) is 0 Å². The second kappa shape index (κ2) is 6.63. The zero-order valence-electron chi connectivity index (χ0n) is 12.7. The molecule has 116 valence electrons. The lowest BCUT2D eigenvalue weighted by Crippen LogP contribution is -2.39. The first-order valence-corrected chi connectivity index (χ1v) is 8.60. The van der Waals surface area contributed by atoms with E-state index in [0.29, 0.717) is 0 Å². The van der Waals surface area contributed by atoms with E-state index < -0.39 is 5.97 Å². The van der Waals surface area contributed by atoms with E-state index in [9.17, 15) is 9.90 Å². The van der Waals surface area contributed by atoms with E-state index in [0.717, 1.165) is 25.9 Å². The summed E-state index contributed by atoms with van der Waals surface area (Å²) in [6.07, 6.45) is 1.48. The molecule has 1 atom stereocenters. The highest BCUT2D eigenvalue weighted by molar-refractivity contribution is 7.10. The molecule has 0 radical (unpaired) electrons. The first-order chi connectivity index (χ1) is 10.7. The van der Waals surface area contributed by atoms with Crippen molar-refractivity contribution in [1.82, 2.24) is 4.90 Å². The van der Waals surface area contributed by atoms with Gasteiger partial charge in [0.1, 0.15) is 0 Å². The Balaban J connectivity index is 1.88. The summed E-state index contributed by atoms with van der Waals surface area (Å²) in [5.74, 6) is -0.833. The third kappa shape index (κ3) is 3.08. The molecule has 1 fully saturated rings. The largest absolute Gasteiger partial charge is 0.481 e. The van der Waals surface area contributed by atoms with Crippen LogP contribution in [-0.2, 0) is 4.79 Å². The Hall–Kier alpha value is -1.65. The summed E-state index contributed by atoms with van der Waals surface area (Å²) in [5.41, 5.74) is 2.62. The van der Waals surface area contributed by atoms with Gasteiger partial charge >= 0.3 is 5.97 Å². The van der Waals surface area contributed by atoms with Crippen LogP contribution in [0.15, 0.2) is 41.8 Å². The molecule has 0 amide bonds. The van der Waals surface area contributed by atoms with Gasteiger partial charge in [-0.05, 0) is 55.4 Å². The van der Waals surface area contributed by atoms with Gasteiger partial charge in [0.2, 0.25) is 0 Å². The number of nitrogens with zero attached hydrogens (tertiary/aromatic N) is 1. The van der Waals surface area contributed by atoms with Gasteiger partial charge in [-0.1, -0.05) is 30.3 Å². The van der Waals surface area contributed by atoms with Crippen LogP contribution in [0.4, 0.5) is 0 Å². The molecule has 1 unspecified atom stereocenters. The summed E-state index contributed by atoms with van der Waals surface area (Å²) in [5, 5.41) is 11.3. The lowest BCUT2D eigenvalue weighted by Gasteiger charge is -2.37. The molecule has 0 bridgehead atoms. The number of carboxylic acid groups (broad SMARTS) is 1. The number of benzene rings is 1. The molecule has 4 heteroatoms. The van der Waals surface area contributed by atoms with Crippen LogP contribution in [-0.4, -0.2) is 29.1 Å². The molecule has 1 aromatic heterocycles. The highest BCUT2D eigenvalue weighted by Gasteiger charge is 2.31. The van der Waals surface area contributed by atoms with Crippen LogP contribution in [0, 0.1) is 12.8 Å². The predicted octanol–water partition coefficient (Wildman–Crippen LogP) is 3.94. The van der Waals surface area contributed by atoms with Crippen molar-refractivity contribution in [3.63, 3.8) is 0 Å². The molecule has 0 aliphatic carbocycles. The van der Waals surface area contributed by atoms with Crippen molar-refractivity contribution in [3.05, 3.63) is 57.8 Å². The topological polar surface area (TPSA) is 40.5 Å². The van der Waals surface area contributed by atoms with Gasteiger partial charge < -0.3 is 5.11 Å². The minimum Gasteiger partial charge on any atom is -0.481 e. The van der Waals surface area contributed by atoms with Crippen LogP contribution < -0.4 is 0 Å². The minimum absolute atomic E-state index is 0.183. The molecule has 2 heterocycles. The molecule has 1 aliphatic rings. The highest BCUT2D eigenvalue weighted by Crippen LogP contribution is 2.36. The van der Waals surface area contributed by atoms with E-state index in [1.807, 2.05) is 0 Å². The van der Waals surface area contributed by atoms with Crippen LogP contribution >= 0.6 is 11.3 Å². The fourth-order valence-corrected chi connectivity index (χ4v) is 4.15. The van der Waals surface area contributed by atoms with Gasteiger partial charge in [-0.25, -0.2) is 0 Å². The molecule has 22 heavy (non-hydrogen) atoms. The maximum absolute atomic E-state index is 11.2. The average Bonchev–Trinajstić information content (AvgIpc) is 3.04. The highest BCUT2D eigenvalue weighted by atomic mass is 32.1. The number of aryl methyl sites for hydroxylation is 1. The predicted molar refractivity (Wildman–Crippen MR) is 89.3 cm³/mol. The number of piperidine rings is 1. The summed E-state index contributed by atoms with van der Waals surface area (Å²) in [4.78, 5) is 14.9. The fraction of sp³-hybridized carbons (Fsp3) is 0.389. The number of rotatable bonds is 4. The minimum atomic E-state index is -0.650. The molecule has 3 rings (SSSR count). The van der Waals surface area contributed by atoms with Gasteiger partial charge in [0, 0.05) is 4.88 Å². The Labute approximate surface area is 135 Å². The number of carbonyl (C=O) groups is 1. The van der Waals surface area contributed by atoms with Crippen molar-refractivity contribution in [2.24, 2.45) is 5.92 Å². The first-order valence-electron chi connectivity index (χ1n) is 7.72. The SMILES string of the molecule is Cc1ccccc1C(c1cccs1)N1CCC(C(=O)O)CC1. The molecule has 0 spiro atoms. The summed E-state index contributed by atoms with van der Waals surface area (Å²) in [7, 11) is 0. The average molecular weight is 315 g/mol. The standard InChI is InChI=1S/C18H21NO2S/c1-13-5-2-3-6-15(13)17(16-7-4-12-22-16)19-10-8-14(9-11-19)18(20)21/h2-7,12,14,17H,8-11H2,1H3,(H,20,21). The van der Waals surface area contributed by atoms with Crippen LogP contribution in [0.5, 0.6) is 0 Å². The summed E-state index contributed by atoms with van der Waals surface area (Å²) in [6.45, 7) is 3.83. The van der Waals surface area contributed by atoms with Crippen LogP contribution in [0.3, 0.4) is 0 Å². The van der Waals surface area contributed by atoms with Crippen molar-refractivity contribution >= 4 is 17.3 Å². The molecular weight excluding hydrogens is 294 g/mol. The van der Waals surface area contributed by atoms with Gasteiger partial charge in [-0.15, -0.1) is 11.3 Å². The smallest absolute Gasteiger partial charge is 0.306 e. The maximum atomic E-state index is 11.2. The molecular formula is C18H21NO2S. The fourth-order valence-electron chi connectivity index (χ4n) is 3.27. The zero-order valence-corrected chi connectivity index (χ0v) is 13.6. The number of carboxylic acids is 1. The van der Waals surface area contributed by atoms with Gasteiger partial charge in [0.25, 0.3) is 0 Å². The van der Waals surface area contributed by atoms with Crippen molar-refractivity contribution in [1.29, 1.82) is 0 Å². The number of thiophene rings is 1. The molecule has 1 aliphatic heterocycles. The van der Waals surface area contributed by atoms with Crippen molar-refractivity contribution < 1.29 is 9.90 Å². The third-order valence-corrected chi connectivity index (χ3v) is 5.46. The summed E-state index contributed by atoms with van der Waals surface area (Å²) >= 11 is 1.78. The van der Waals surface area contributed by atoms with E-state index in [4.69, 9.17) is 0 Å². The van der Waals surface area contributed by atoms with E-state index in [1.165, 1.54) is 16.0 Å².